The van der Waals surface area contributed by atoms with Gasteiger partial charge in [0, 0.05) is 11.0 Å². The van der Waals surface area contributed by atoms with Crippen LogP contribution in [0.1, 0.15) is 45.4 Å². The van der Waals surface area contributed by atoms with Crippen LogP contribution in [-0.2, 0) is 5.41 Å². The van der Waals surface area contributed by atoms with Crippen LogP contribution in [0.4, 0.5) is 0 Å². The van der Waals surface area contributed by atoms with Crippen molar-refractivity contribution < 1.29 is 4.52 Å². The van der Waals surface area contributed by atoms with Gasteiger partial charge in [-0.3, -0.25) is 0 Å². The highest BCUT2D eigenvalue weighted by atomic mass is 16.5. The summed E-state index contributed by atoms with van der Waals surface area (Å²) in [5.41, 5.74) is 2.39. The highest BCUT2D eigenvalue weighted by molar-refractivity contribution is 5.21. The van der Waals surface area contributed by atoms with Gasteiger partial charge in [-0.2, -0.15) is 0 Å². The molecule has 1 rings (SSSR count). The van der Waals surface area contributed by atoms with Gasteiger partial charge in [-0.15, -0.1) is 0 Å². The monoisotopic (exact) mass is 181 g/mol. The summed E-state index contributed by atoms with van der Waals surface area (Å²) in [6, 6.07) is 0. The second-order valence-electron chi connectivity index (χ2n) is 4.83. The number of nitrogens with zero attached hydrogens (tertiary/aromatic N) is 1. The van der Waals surface area contributed by atoms with Gasteiger partial charge in [0.25, 0.3) is 0 Å². The third kappa shape index (κ3) is 2.33. The zero-order valence-corrected chi connectivity index (χ0v) is 9.22. The number of aromatic nitrogens is 1. The van der Waals surface area contributed by atoms with E-state index in [0.717, 1.165) is 17.7 Å². The molecule has 0 fully saturated rings. The van der Waals surface area contributed by atoms with Crippen molar-refractivity contribution in [2.24, 2.45) is 5.92 Å². The molecular weight excluding hydrogens is 162 g/mol. The molecule has 0 amide bonds. The predicted molar refractivity (Wildman–Crippen MR) is 53.7 cm³/mol. The van der Waals surface area contributed by atoms with E-state index in [1.165, 1.54) is 0 Å². The molecule has 13 heavy (non-hydrogen) atoms. The van der Waals surface area contributed by atoms with Gasteiger partial charge in [-0.1, -0.05) is 32.9 Å². The largest absolute Gasteiger partial charge is 0.364 e. The molecular formula is C11H19NO. The third-order valence-corrected chi connectivity index (χ3v) is 2.31. The molecule has 0 bridgehead atoms. The number of rotatable bonds is 3. The molecule has 0 spiro atoms. The molecule has 1 heterocycles. The second kappa shape index (κ2) is 3.52. The molecule has 0 saturated carbocycles. The molecule has 0 aromatic carbocycles. The van der Waals surface area contributed by atoms with Crippen LogP contribution >= 0.6 is 0 Å². The van der Waals surface area contributed by atoms with Crippen molar-refractivity contribution in [2.75, 3.05) is 0 Å². The van der Waals surface area contributed by atoms with Crippen molar-refractivity contribution in [3.05, 3.63) is 17.5 Å². The van der Waals surface area contributed by atoms with Crippen LogP contribution in [0.5, 0.6) is 0 Å². The molecule has 74 valence electrons. The van der Waals surface area contributed by atoms with Crippen LogP contribution in [0.3, 0.4) is 0 Å². The fraction of sp³-hybridized carbons (Fsp3) is 0.727. The Morgan fingerprint density at radius 3 is 2.46 bits per heavy atom. The molecule has 0 atom stereocenters. The van der Waals surface area contributed by atoms with Gasteiger partial charge in [0.2, 0.25) is 0 Å². The van der Waals surface area contributed by atoms with Crippen molar-refractivity contribution in [2.45, 2.75) is 46.5 Å². The smallest absolute Gasteiger partial charge is 0.127 e. The minimum atomic E-state index is 0.130. The van der Waals surface area contributed by atoms with Crippen LogP contribution in [0.2, 0.25) is 0 Å². The van der Waals surface area contributed by atoms with Gasteiger partial charge < -0.3 is 4.52 Å². The average Bonchev–Trinajstić information content (AvgIpc) is 2.32. The van der Waals surface area contributed by atoms with E-state index in [1.807, 2.05) is 6.92 Å². The average molecular weight is 181 g/mol. The summed E-state index contributed by atoms with van der Waals surface area (Å²) in [5, 5.41) is 4.07. The van der Waals surface area contributed by atoms with Crippen molar-refractivity contribution in [1.29, 1.82) is 0 Å². The van der Waals surface area contributed by atoms with Crippen LogP contribution in [0, 0.1) is 12.8 Å². The van der Waals surface area contributed by atoms with Gasteiger partial charge >= 0.3 is 0 Å². The summed E-state index contributed by atoms with van der Waals surface area (Å²) in [6.45, 7) is 11.0. The SMILES string of the molecule is Cc1conc1C(C)(C)CC(C)C. The van der Waals surface area contributed by atoms with E-state index in [0.29, 0.717) is 5.92 Å². The molecule has 0 saturated heterocycles. The van der Waals surface area contributed by atoms with E-state index in [-0.39, 0.29) is 5.41 Å². The van der Waals surface area contributed by atoms with E-state index in [9.17, 15) is 0 Å². The van der Waals surface area contributed by atoms with Crippen LogP contribution in [-0.4, -0.2) is 5.16 Å². The molecule has 0 aliphatic heterocycles. The maximum Gasteiger partial charge on any atom is 0.127 e. The van der Waals surface area contributed by atoms with Gasteiger partial charge in [0.1, 0.15) is 6.26 Å². The molecule has 0 N–H and O–H groups in total. The summed E-state index contributed by atoms with van der Waals surface area (Å²) in [4.78, 5) is 0. The molecule has 0 unspecified atom stereocenters. The highest BCUT2D eigenvalue weighted by Crippen LogP contribution is 2.31. The lowest BCUT2D eigenvalue weighted by Crippen LogP contribution is -2.21. The summed E-state index contributed by atoms with van der Waals surface area (Å²) in [5.74, 6) is 0.686. The van der Waals surface area contributed by atoms with Crippen molar-refractivity contribution in [3.8, 4) is 0 Å². The first-order chi connectivity index (χ1) is 5.93. The summed E-state index contributed by atoms with van der Waals surface area (Å²) in [7, 11) is 0. The summed E-state index contributed by atoms with van der Waals surface area (Å²) < 4.78 is 4.96. The Kier molecular flexibility index (Phi) is 2.79. The maximum absolute atomic E-state index is 4.96. The lowest BCUT2D eigenvalue weighted by atomic mass is 9.80. The molecule has 1 aromatic rings. The predicted octanol–water partition coefficient (Wildman–Crippen LogP) is 3.31. The topological polar surface area (TPSA) is 26.0 Å². The maximum atomic E-state index is 4.96. The van der Waals surface area contributed by atoms with Crippen LogP contribution in [0.15, 0.2) is 10.8 Å². The van der Waals surface area contributed by atoms with Crippen molar-refractivity contribution >= 4 is 0 Å². The Hall–Kier alpha value is -0.790. The number of hydrogen-bond donors (Lipinski definition) is 0. The Labute approximate surface area is 80.3 Å². The molecule has 0 radical (unpaired) electrons. The summed E-state index contributed by atoms with van der Waals surface area (Å²) >= 11 is 0. The van der Waals surface area contributed by atoms with E-state index in [2.05, 4.69) is 32.9 Å². The van der Waals surface area contributed by atoms with Crippen LogP contribution in [0.25, 0.3) is 0 Å². The van der Waals surface area contributed by atoms with E-state index in [1.54, 1.807) is 6.26 Å². The highest BCUT2D eigenvalue weighted by Gasteiger charge is 2.26. The second-order valence-corrected chi connectivity index (χ2v) is 4.83. The standard InChI is InChI=1S/C11H19NO/c1-8(2)6-11(4,5)10-9(3)7-13-12-10/h7-8H,6H2,1-5H3. The van der Waals surface area contributed by atoms with Gasteiger partial charge in [-0.05, 0) is 19.3 Å². The third-order valence-electron chi connectivity index (χ3n) is 2.31. The fourth-order valence-corrected chi connectivity index (χ4v) is 2.06. The molecule has 1 aromatic heterocycles. The number of hydrogen-bond acceptors (Lipinski definition) is 2. The first-order valence-corrected chi connectivity index (χ1v) is 4.85. The molecule has 2 nitrogen and oxygen atoms in total. The quantitative estimate of drug-likeness (QED) is 0.715. The van der Waals surface area contributed by atoms with Gasteiger partial charge in [0.05, 0.1) is 5.69 Å². The Morgan fingerprint density at radius 2 is 2.08 bits per heavy atom. The zero-order valence-electron chi connectivity index (χ0n) is 9.22. The molecule has 2 heteroatoms. The zero-order chi connectivity index (χ0) is 10.1. The van der Waals surface area contributed by atoms with E-state index >= 15 is 0 Å². The minimum absolute atomic E-state index is 0.130. The van der Waals surface area contributed by atoms with Gasteiger partial charge in [0.15, 0.2) is 0 Å². The normalized spacial score (nSPS) is 12.5. The Morgan fingerprint density at radius 1 is 1.46 bits per heavy atom. The molecule has 0 aliphatic carbocycles. The van der Waals surface area contributed by atoms with Crippen LogP contribution < -0.4 is 0 Å². The fourth-order valence-electron chi connectivity index (χ4n) is 2.06. The van der Waals surface area contributed by atoms with E-state index < -0.39 is 0 Å². The lowest BCUT2D eigenvalue weighted by molar-refractivity contribution is 0.349. The Bertz CT molecular complexity index is 273. The molecule has 0 aliphatic rings. The number of aryl methyl sites for hydroxylation is 1. The van der Waals surface area contributed by atoms with Crippen molar-refractivity contribution in [3.63, 3.8) is 0 Å². The first kappa shape index (κ1) is 10.3. The van der Waals surface area contributed by atoms with Gasteiger partial charge in [-0.25, -0.2) is 0 Å². The lowest BCUT2D eigenvalue weighted by Gasteiger charge is -2.24. The first-order valence-electron chi connectivity index (χ1n) is 4.85. The summed E-state index contributed by atoms with van der Waals surface area (Å²) in [6.07, 6.45) is 2.86. The Balaban J connectivity index is 2.87. The minimum Gasteiger partial charge on any atom is -0.364 e. The van der Waals surface area contributed by atoms with E-state index in [4.69, 9.17) is 4.52 Å². The van der Waals surface area contributed by atoms with Crippen molar-refractivity contribution in [1.82, 2.24) is 5.16 Å².